The van der Waals surface area contributed by atoms with Crippen molar-refractivity contribution in [3.05, 3.63) is 0 Å². The van der Waals surface area contributed by atoms with Gasteiger partial charge in [0.1, 0.15) is 0 Å². The average Bonchev–Trinajstić information content (AvgIpc) is 2.88. The first kappa shape index (κ1) is 35.0. The summed E-state index contributed by atoms with van der Waals surface area (Å²) < 4.78 is 52.6. The van der Waals surface area contributed by atoms with Gasteiger partial charge < -0.3 is 18.9 Å². The van der Waals surface area contributed by atoms with E-state index in [2.05, 4.69) is 6.92 Å². The van der Waals surface area contributed by atoms with Crippen LogP contribution in [0.5, 0.6) is 0 Å². The van der Waals surface area contributed by atoms with Gasteiger partial charge in [-0.2, -0.15) is 0 Å². The van der Waals surface area contributed by atoms with Crippen LogP contribution in [-0.2, 0) is 37.1 Å². The monoisotopic (exact) mass is 552 g/mol. The Hall–Kier alpha value is -0.0500. The van der Waals surface area contributed by atoms with Gasteiger partial charge in [-0.3, -0.25) is 13.6 Å². The maximum absolute atomic E-state index is 12.8. The Morgan fingerprint density at radius 1 is 0.595 bits per heavy atom. The topological polar surface area (TPSA) is 81.7 Å². The summed E-state index contributed by atoms with van der Waals surface area (Å²) >= 11 is 0. The van der Waals surface area contributed by atoms with Crippen LogP contribution in [0.3, 0.4) is 0 Å². The predicted molar refractivity (Wildman–Crippen MR) is 148 cm³/mol. The Morgan fingerprint density at radius 3 is 1.59 bits per heavy atom. The van der Waals surface area contributed by atoms with Crippen molar-refractivity contribution in [3.8, 4) is 0 Å². The summed E-state index contributed by atoms with van der Waals surface area (Å²) in [5, 5.41) is 0. The second kappa shape index (κ2) is 23.8. The molecule has 0 amide bonds. The first-order valence-electron chi connectivity index (χ1n) is 14.9. The minimum absolute atomic E-state index is 0.243. The Kier molecular flexibility index (Phi) is 22.5. The van der Waals surface area contributed by atoms with Gasteiger partial charge in [0.15, 0.2) is 0 Å². The standard InChI is InChI=1S/C28H57O8P/c1-4-7-8-9-10-11-12-13-14-15-17-28(18-21-36-37(29,34-5-2)35-6-3)26-32-24-22-30-19-16-20-31-23-25-33-27-28/h4-27H2,1-3H3. The normalized spacial score (nSPS) is 18.5. The number of phosphoric ester groups is 1. The lowest BCUT2D eigenvalue weighted by atomic mass is 9.81. The molecule has 0 unspecified atom stereocenters. The molecule has 37 heavy (non-hydrogen) atoms. The Bertz CT molecular complexity index is 524. The van der Waals surface area contributed by atoms with Gasteiger partial charge in [-0.25, -0.2) is 4.57 Å². The zero-order valence-corrected chi connectivity index (χ0v) is 25.1. The highest BCUT2D eigenvalue weighted by Gasteiger charge is 2.33. The Labute approximate surface area is 227 Å². The summed E-state index contributed by atoms with van der Waals surface area (Å²) in [6, 6.07) is 0. The molecule has 1 heterocycles. The summed E-state index contributed by atoms with van der Waals surface area (Å²) in [6.45, 7) is 11.3. The van der Waals surface area contributed by atoms with E-state index in [-0.39, 0.29) is 25.2 Å². The molecule has 0 atom stereocenters. The molecule has 1 rings (SSSR count). The van der Waals surface area contributed by atoms with Crippen LogP contribution in [0.4, 0.5) is 0 Å². The van der Waals surface area contributed by atoms with E-state index in [1.165, 1.54) is 57.8 Å². The molecule has 8 nitrogen and oxygen atoms in total. The van der Waals surface area contributed by atoms with Gasteiger partial charge in [0.05, 0.1) is 59.5 Å². The van der Waals surface area contributed by atoms with Crippen LogP contribution >= 0.6 is 7.82 Å². The van der Waals surface area contributed by atoms with Crippen LogP contribution in [0.15, 0.2) is 0 Å². The lowest BCUT2D eigenvalue weighted by molar-refractivity contribution is -0.0663. The fourth-order valence-corrected chi connectivity index (χ4v) is 5.70. The summed E-state index contributed by atoms with van der Waals surface area (Å²) in [4.78, 5) is 0. The van der Waals surface area contributed by atoms with Crippen LogP contribution in [0.1, 0.15) is 104 Å². The minimum atomic E-state index is -3.55. The van der Waals surface area contributed by atoms with Gasteiger partial charge >= 0.3 is 7.82 Å². The van der Waals surface area contributed by atoms with Crippen LogP contribution in [0.2, 0.25) is 0 Å². The van der Waals surface area contributed by atoms with Crippen LogP contribution in [0.25, 0.3) is 0 Å². The Morgan fingerprint density at radius 2 is 1.08 bits per heavy atom. The number of rotatable bonds is 19. The van der Waals surface area contributed by atoms with Crippen molar-refractivity contribution in [2.24, 2.45) is 5.41 Å². The first-order valence-corrected chi connectivity index (χ1v) is 16.4. The number of ether oxygens (including phenoxy) is 4. The maximum Gasteiger partial charge on any atom is 0.474 e. The van der Waals surface area contributed by atoms with Crippen molar-refractivity contribution in [1.29, 1.82) is 0 Å². The van der Waals surface area contributed by atoms with Gasteiger partial charge in [-0.1, -0.05) is 71.1 Å². The molecule has 1 aliphatic heterocycles. The van der Waals surface area contributed by atoms with E-state index in [1.807, 2.05) is 0 Å². The highest BCUT2D eigenvalue weighted by molar-refractivity contribution is 7.48. The third-order valence-electron chi connectivity index (χ3n) is 6.65. The fourth-order valence-electron chi connectivity index (χ4n) is 4.52. The molecule has 1 aliphatic rings. The van der Waals surface area contributed by atoms with Crippen molar-refractivity contribution in [3.63, 3.8) is 0 Å². The van der Waals surface area contributed by atoms with Crippen molar-refractivity contribution in [2.45, 2.75) is 104 Å². The SMILES string of the molecule is CCCCCCCCCCCCC1(CCOP(=O)(OCC)OCC)COCCOCCCOCCOC1. The van der Waals surface area contributed by atoms with E-state index < -0.39 is 7.82 Å². The van der Waals surface area contributed by atoms with Crippen LogP contribution in [0, 0.1) is 5.41 Å². The quantitative estimate of drug-likeness (QED) is 0.122. The molecular weight excluding hydrogens is 495 g/mol. The number of hydrogen-bond acceptors (Lipinski definition) is 8. The molecule has 0 aliphatic carbocycles. The van der Waals surface area contributed by atoms with E-state index in [4.69, 9.17) is 32.5 Å². The minimum Gasteiger partial charge on any atom is -0.379 e. The molecule has 0 aromatic heterocycles. The van der Waals surface area contributed by atoms with Gasteiger partial charge in [-0.15, -0.1) is 0 Å². The summed E-state index contributed by atoms with van der Waals surface area (Å²) in [5.41, 5.74) is -0.243. The highest BCUT2D eigenvalue weighted by atomic mass is 31.2. The van der Waals surface area contributed by atoms with Crippen molar-refractivity contribution in [2.75, 3.05) is 72.7 Å². The molecule has 0 N–H and O–H groups in total. The number of phosphoric acid groups is 1. The third-order valence-corrected chi connectivity index (χ3v) is 8.30. The maximum atomic E-state index is 12.8. The van der Waals surface area contributed by atoms with Crippen molar-refractivity contribution >= 4 is 7.82 Å². The second-order valence-electron chi connectivity index (χ2n) is 9.98. The summed E-state index contributed by atoms with van der Waals surface area (Å²) in [6.07, 6.45) is 15.4. The fraction of sp³-hybridized carbons (Fsp3) is 1.00. The van der Waals surface area contributed by atoms with Crippen molar-refractivity contribution < 1.29 is 37.1 Å². The average molecular weight is 553 g/mol. The molecule has 0 spiro atoms. The predicted octanol–water partition coefficient (Wildman–Crippen LogP) is 7.34. The zero-order chi connectivity index (χ0) is 26.9. The molecular formula is C28H57O8P. The van der Waals surface area contributed by atoms with E-state index in [1.54, 1.807) is 13.8 Å². The third kappa shape index (κ3) is 18.8. The van der Waals surface area contributed by atoms with Crippen molar-refractivity contribution in [1.82, 2.24) is 0 Å². The van der Waals surface area contributed by atoms with Crippen LogP contribution in [-0.4, -0.2) is 72.7 Å². The highest BCUT2D eigenvalue weighted by Crippen LogP contribution is 2.49. The molecule has 222 valence electrons. The molecule has 1 saturated heterocycles. The number of unbranched alkanes of at least 4 members (excludes halogenated alkanes) is 9. The Balaban J connectivity index is 2.65. The zero-order valence-electron chi connectivity index (χ0n) is 24.2. The second-order valence-corrected chi connectivity index (χ2v) is 11.7. The molecule has 0 saturated carbocycles. The van der Waals surface area contributed by atoms with E-state index in [9.17, 15) is 4.57 Å². The van der Waals surface area contributed by atoms with Gasteiger partial charge in [0, 0.05) is 18.6 Å². The molecule has 9 heteroatoms. The first-order chi connectivity index (χ1) is 18.1. The van der Waals surface area contributed by atoms with E-state index in [0.717, 1.165) is 19.3 Å². The molecule has 1 fully saturated rings. The van der Waals surface area contributed by atoms with Gasteiger partial charge in [0.25, 0.3) is 0 Å². The number of hydrogen-bond donors (Lipinski definition) is 0. The van der Waals surface area contributed by atoms with Gasteiger partial charge in [-0.05, 0) is 33.1 Å². The van der Waals surface area contributed by atoms with E-state index in [0.29, 0.717) is 59.3 Å². The largest absolute Gasteiger partial charge is 0.474 e. The lowest BCUT2D eigenvalue weighted by Gasteiger charge is -2.34. The smallest absolute Gasteiger partial charge is 0.379 e. The summed E-state index contributed by atoms with van der Waals surface area (Å²) in [5.74, 6) is 0. The van der Waals surface area contributed by atoms with Crippen LogP contribution < -0.4 is 0 Å². The molecule has 0 bridgehead atoms. The molecule has 0 aromatic carbocycles. The van der Waals surface area contributed by atoms with E-state index >= 15 is 0 Å². The van der Waals surface area contributed by atoms with Gasteiger partial charge in [0.2, 0.25) is 0 Å². The molecule has 0 aromatic rings. The lowest BCUT2D eigenvalue weighted by Crippen LogP contribution is -2.35. The summed E-state index contributed by atoms with van der Waals surface area (Å²) in [7, 11) is -3.55. The molecule has 0 radical (unpaired) electrons.